The fraction of sp³-hybridized carbons (Fsp3) is 0.400. The van der Waals surface area contributed by atoms with Gasteiger partial charge in [-0.15, -0.1) is 0 Å². The van der Waals surface area contributed by atoms with Crippen molar-refractivity contribution in [3.63, 3.8) is 0 Å². The van der Waals surface area contributed by atoms with Gasteiger partial charge in [0.25, 0.3) is 0 Å². The highest BCUT2D eigenvalue weighted by molar-refractivity contribution is 6.30. The van der Waals surface area contributed by atoms with E-state index in [4.69, 9.17) is 21.1 Å². The summed E-state index contributed by atoms with van der Waals surface area (Å²) in [6, 6.07) is 13.7. The highest BCUT2D eigenvalue weighted by Gasteiger charge is 2.11. The Morgan fingerprint density at radius 1 is 1.00 bits per heavy atom. The monoisotopic (exact) mass is 362 g/mol. The van der Waals surface area contributed by atoms with Crippen LogP contribution in [0.25, 0.3) is 0 Å². The number of nitrogens with one attached hydrogen (secondary N) is 2. The van der Waals surface area contributed by atoms with Crippen LogP contribution >= 0.6 is 11.6 Å². The van der Waals surface area contributed by atoms with Crippen LogP contribution in [0.1, 0.15) is 24.5 Å². The quantitative estimate of drug-likeness (QED) is 0.592. The van der Waals surface area contributed by atoms with Crippen LogP contribution < -0.4 is 20.1 Å². The number of para-hydroxylation sites is 1. The molecular weight excluding hydrogens is 336 g/mol. The first-order chi connectivity index (χ1) is 12.2. The molecule has 0 radical (unpaired) electrons. The second-order valence-corrected chi connectivity index (χ2v) is 6.16. The van der Waals surface area contributed by atoms with Crippen molar-refractivity contribution in [2.45, 2.75) is 26.5 Å². The molecular formula is C20H27ClN2O2. The third kappa shape index (κ3) is 6.58. The van der Waals surface area contributed by atoms with Crippen molar-refractivity contribution >= 4 is 11.6 Å². The summed E-state index contributed by atoms with van der Waals surface area (Å²) in [4.78, 5) is 0. The van der Waals surface area contributed by atoms with Crippen molar-refractivity contribution in [1.29, 1.82) is 0 Å². The zero-order chi connectivity index (χ0) is 17.9. The summed E-state index contributed by atoms with van der Waals surface area (Å²) in [5, 5.41) is 7.34. The number of hydrogen-bond donors (Lipinski definition) is 2. The second kappa shape index (κ2) is 11.0. The third-order valence-electron chi connectivity index (χ3n) is 3.75. The molecule has 0 saturated heterocycles. The van der Waals surface area contributed by atoms with Crippen molar-refractivity contribution in [3.8, 4) is 11.5 Å². The lowest BCUT2D eigenvalue weighted by Crippen LogP contribution is -2.20. The van der Waals surface area contributed by atoms with E-state index in [0.29, 0.717) is 13.2 Å². The molecule has 0 heterocycles. The van der Waals surface area contributed by atoms with E-state index in [1.807, 2.05) is 50.4 Å². The Labute approximate surface area is 155 Å². The highest BCUT2D eigenvalue weighted by atomic mass is 35.5. The molecule has 0 saturated carbocycles. The van der Waals surface area contributed by atoms with Crippen molar-refractivity contribution in [2.75, 3.05) is 26.7 Å². The Balaban J connectivity index is 2.04. The lowest BCUT2D eigenvalue weighted by molar-refractivity contribution is 0.266. The minimum Gasteiger partial charge on any atom is -0.490 e. The van der Waals surface area contributed by atoms with Gasteiger partial charge in [-0.3, -0.25) is 0 Å². The molecule has 136 valence electrons. The minimum atomic E-state index is 0.480. The molecule has 25 heavy (non-hydrogen) atoms. The molecule has 0 aliphatic carbocycles. The molecule has 2 aromatic carbocycles. The number of hydrogen-bond acceptors (Lipinski definition) is 4. The standard InChI is InChI=1S/C20H27ClN2O2/c1-3-24-19-7-4-6-17(14-23-13-5-12-22-2)20(19)25-15-16-8-10-18(21)11-9-16/h4,6-11,22-23H,3,5,12-15H2,1-2H3. The lowest BCUT2D eigenvalue weighted by atomic mass is 10.1. The van der Waals surface area contributed by atoms with Gasteiger partial charge >= 0.3 is 0 Å². The van der Waals surface area contributed by atoms with Crippen LogP contribution in [-0.2, 0) is 13.2 Å². The first-order valence-electron chi connectivity index (χ1n) is 8.71. The van der Waals surface area contributed by atoms with E-state index >= 15 is 0 Å². The lowest BCUT2D eigenvalue weighted by Gasteiger charge is -2.16. The van der Waals surface area contributed by atoms with Crippen LogP contribution in [0.15, 0.2) is 42.5 Å². The zero-order valence-electron chi connectivity index (χ0n) is 15.0. The Hall–Kier alpha value is -1.75. The predicted octanol–water partition coefficient (Wildman–Crippen LogP) is 4.02. The Morgan fingerprint density at radius 2 is 1.80 bits per heavy atom. The maximum atomic E-state index is 6.10. The largest absolute Gasteiger partial charge is 0.490 e. The smallest absolute Gasteiger partial charge is 0.166 e. The van der Waals surface area contributed by atoms with Crippen molar-refractivity contribution < 1.29 is 9.47 Å². The Bertz CT molecular complexity index is 632. The summed E-state index contributed by atoms with van der Waals surface area (Å²) >= 11 is 5.94. The van der Waals surface area contributed by atoms with Crippen LogP contribution in [0.4, 0.5) is 0 Å². The molecule has 0 bridgehead atoms. The average Bonchev–Trinajstić information content (AvgIpc) is 2.62. The van der Waals surface area contributed by atoms with Crippen molar-refractivity contribution in [3.05, 3.63) is 58.6 Å². The van der Waals surface area contributed by atoms with Gasteiger partial charge in [0.2, 0.25) is 0 Å². The van der Waals surface area contributed by atoms with Gasteiger partial charge in [-0.05, 0) is 57.2 Å². The number of halogens is 1. The predicted molar refractivity (Wildman–Crippen MR) is 104 cm³/mol. The van der Waals surface area contributed by atoms with E-state index < -0.39 is 0 Å². The number of ether oxygens (including phenoxy) is 2. The molecule has 0 aromatic heterocycles. The summed E-state index contributed by atoms with van der Waals surface area (Å²) in [6.07, 6.45) is 1.09. The molecule has 5 heteroatoms. The first kappa shape index (κ1) is 19.6. The summed E-state index contributed by atoms with van der Waals surface area (Å²) in [5.74, 6) is 1.59. The van der Waals surface area contributed by atoms with Crippen LogP contribution in [0.5, 0.6) is 11.5 Å². The van der Waals surface area contributed by atoms with Crippen molar-refractivity contribution in [2.24, 2.45) is 0 Å². The Morgan fingerprint density at radius 3 is 2.52 bits per heavy atom. The molecule has 2 N–H and O–H groups in total. The van der Waals surface area contributed by atoms with E-state index in [2.05, 4.69) is 16.7 Å². The summed E-state index contributed by atoms with van der Waals surface area (Å²) in [7, 11) is 1.97. The molecule has 0 unspecified atom stereocenters. The van der Waals surface area contributed by atoms with E-state index in [1.54, 1.807) is 0 Å². The maximum absolute atomic E-state index is 6.10. The van der Waals surface area contributed by atoms with Crippen LogP contribution in [0.3, 0.4) is 0 Å². The topological polar surface area (TPSA) is 42.5 Å². The van der Waals surface area contributed by atoms with Crippen LogP contribution in [0.2, 0.25) is 5.02 Å². The van der Waals surface area contributed by atoms with Gasteiger partial charge in [-0.1, -0.05) is 35.9 Å². The second-order valence-electron chi connectivity index (χ2n) is 5.73. The average molecular weight is 363 g/mol. The van der Waals surface area contributed by atoms with Crippen LogP contribution in [-0.4, -0.2) is 26.7 Å². The first-order valence-corrected chi connectivity index (χ1v) is 9.09. The highest BCUT2D eigenvalue weighted by Crippen LogP contribution is 2.32. The van der Waals surface area contributed by atoms with E-state index in [1.165, 1.54) is 0 Å². The molecule has 0 fully saturated rings. The van der Waals surface area contributed by atoms with Gasteiger partial charge in [0.1, 0.15) is 6.61 Å². The molecule has 0 amide bonds. The molecule has 0 spiro atoms. The molecule has 2 rings (SSSR count). The maximum Gasteiger partial charge on any atom is 0.166 e. The molecule has 0 atom stereocenters. The van der Waals surface area contributed by atoms with E-state index in [0.717, 1.165) is 53.7 Å². The van der Waals surface area contributed by atoms with Gasteiger partial charge in [0.15, 0.2) is 11.5 Å². The molecule has 2 aromatic rings. The van der Waals surface area contributed by atoms with Crippen LogP contribution in [0, 0.1) is 0 Å². The molecule has 0 aliphatic heterocycles. The summed E-state index contributed by atoms with van der Waals surface area (Å²) in [5.41, 5.74) is 2.17. The van der Waals surface area contributed by atoms with Gasteiger partial charge < -0.3 is 20.1 Å². The fourth-order valence-electron chi connectivity index (χ4n) is 2.48. The number of rotatable bonds is 11. The van der Waals surface area contributed by atoms with Gasteiger partial charge in [-0.2, -0.15) is 0 Å². The number of benzene rings is 2. The molecule has 0 aliphatic rings. The Kier molecular flexibility index (Phi) is 8.60. The van der Waals surface area contributed by atoms with E-state index in [9.17, 15) is 0 Å². The van der Waals surface area contributed by atoms with Gasteiger partial charge in [0, 0.05) is 17.1 Å². The molecule has 4 nitrogen and oxygen atoms in total. The van der Waals surface area contributed by atoms with Gasteiger partial charge in [0.05, 0.1) is 6.61 Å². The van der Waals surface area contributed by atoms with Gasteiger partial charge in [-0.25, -0.2) is 0 Å². The zero-order valence-corrected chi connectivity index (χ0v) is 15.7. The summed E-state index contributed by atoms with van der Waals surface area (Å²) in [6.45, 7) is 5.78. The SMILES string of the molecule is CCOc1cccc(CNCCCNC)c1OCc1ccc(Cl)cc1. The fourth-order valence-corrected chi connectivity index (χ4v) is 2.61. The third-order valence-corrected chi connectivity index (χ3v) is 4.00. The normalized spacial score (nSPS) is 10.7. The van der Waals surface area contributed by atoms with Crippen molar-refractivity contribution in [1.82, 2.24) is 10.6 Å². The summed E-state index contributed by atoms with van der Waals surface area (Å²) < 4.78 is 11.9. The van der Waals surface area contributed by atoms with E-state index in [-0.39, 0.29) is 0 Å². The minimum absolute atomic E-state index is 0.480.